The van der Waals surface area contributed by atoms with Crippen LogP contribution >= 0.6 is 0 Å². The third-order valence-corrected chi connectivity index (χ3v) is 2.76. The van der Waals surface area contributed by atoms with Gasteiger partial charge in [0, 0.05) is 16.6 Å². The molecule has 1 aromatic heterocycles. The summed E-state index contributed by atoms with van der Waals surface area (Å²) < 4.78 is 13.2. The average Bonchev–Trinajstić information content (AvgIpc) is 2.17. The molecule has 15 heavy (non-hydrogen) atoms. The van der Waals surface area contributed by atoms with Gasteiger partial charge < -0.3 is 4.98 Å². The fourth-order valence-electron chi connectivity index (χ4n) is 1.74. The van der Waals surface area contributed by atoms with Gasteiger partial charge in [0.15, 0.2) is 5.43 Å². The van der Waals surface area contributed by atoms with Crippen molar-refractivity contribution in [2.24, 2.45) is 0 Å². The van der Waals surface area contributed by atoms with E-state index in [4.69, 9.17) is 0 Å². The Balaban J connectivity index is 3.06. The second-order valence-electron chi connectivity index (χ2n) is 3.85. The van der Waals surface area contributed by atoms with Gasteiger partial charge >= 0.3 is 0 Å². The number of halogens is 1. The number of pyridine rings is 1. The van der Waals surface area contributed by atoms with Gasteiger partial charge in [0.05, 0.1) is 5.52 Å². The van der Waals surface area contributed by atoms with E-state index in [1.165, 1.54) is 12.1 Å². The second-order valence-corrected chi connectivity index (χ2v) is 3.85. The molecule has 1 N–H and O–H groups in total. The zero-order valence-corrected chi connectivity index (χ0v) is 8.94. The second kappa shape index (κ2) is 3.19. The first-order valence-electron chi connectivity index (χ1n) is 4.80. The molecule has 3 heteroatoms. The summed E-state index contributed by atoms with van der Waals surface area (Å²) in [6, 6.07) is 2.71. The van der Waals surface area contributed by atoms with Gasteiger partial charge in [-0.1, -0.05) is 0 Å². The number of aromatic nitrogens is 1. The summed E-state index contributed by atoms with van der Waals surface area (Å²) in [6.45, 7) is 5.38. The molecule has 0 unspecified atom stereocenters. The Bertz CT molecular complexity index is 599. The van der Waals surface area contributed by atoms with E-state index < -0.39 is 0 Å². The molecule has 0 aliphatic rings. The Hall–Kier alpha value is -1.64. The maximum Gasteiger partial charge on any atom is 0.192 e. The van der Waals surface area contributed by atoms with Crippen LogP contribution in [-0.4, -0.2) is 4.98 Å². The monoisotopic (exact) mass is 205 g/mol. The van der Waals surface area contributed by atoms with Crippen LogP contribution in [0.4, 0.5) is 4.39 Å². The lowest BCUT2D eigenvalue weighted by molar-refractivity contribution is 0.628. The van der Waals surface area contributed by atoms with Gasteiger partial charge in [-0.2, -0.15) is 0 Å². The minimum atomic E-state index is -0.367. The van der Waals surface area contributed by atoms with E-state index in [-0.39, 0.29) is 11.2 Å². The predicted octanol–water partition coefficient (Wildman–Crippen LogP) is 2.59. The third kappa shape index (κ3) is 1.44. The molecule has 0 bridgehead atoms. The molecule has 1 heterocycles. The normalized spacial score (nSPS) is 10.9. The van der Waals surface area contributed by atoms with Crippen molar-refractivity contribution < 1.29 is 4.39 Å². The van der Waals surface area contributed by atoms with Gasteiger partial charge in [-0.3, -0.25) is 4.79 Å². The van der Waals surface area contributed by atoms with Crippen LogP contribution in [0.3, 0.4) is 0 Å². The highest BCUT2D eigenvalue weighted by atomic mass is 19.1. The number of aromatic amines is 1. The van der Waals surface area contributed by atoms with E-state index in [0.717, 1.165) is 16.8 Å². The smallest absolute Gasteiger partial charge is 0.192 e. The topological polar surface area (TPSA) is 32.9 Å². The SMILES string of the molecule is Cc1[nH]c2c(C)cc(F)cc2c(=O)c1C. The minimum absolute atomic E-state index is 0.0937. The van der Waals surface area contributed by atoms with Crippen LogP contribution in [0, 0.1) is 26.6 Å². The third-order valence-electron chi connectivity index (χ3n) is 2.76. The van der Waals surface area contributed by atoms with E-state index in [9.17, 15) is 9.18 Å². The summed E-state index contributed by atoms with van der Waals surface area (Å²) in [5.74, 6) is -0.367. The van der Waals surface area contributed by atoms with E-state index >= 15 is 0 Å². The highest BCUT2D eigenvalue weighted by Gasteiger charge is 2.08. The first-order chi connectivity index (χ1) is 7.00. The highest BCUT2D eigenvalue weighted by Crippen LogP contribution is 2.16. The zero-order chi connectivity index (χ0) is 11.2. The van der Waals surface area contributed by atoms with E-state index in [0.29, 0.717) is 10.9 Å². The fourth-order valence-corrected chi connectivity index (χ4v) is 1.74. The summed E-state index contributed by atoms with van der Waals surface area (Å²) in [6.07, 6.45) is 0. The van der Waals surface area contributed by atoms with Crippen molar-refractivity contribution >= 4 is 10.9 Å². The van der Waals surface area contributed by atoms with Crippen molar-refractivity contribution in [2.75, 3.05) is 0 Å². The number of benzene rings is 1. The molecule has 2 aromatic rings. The molecule has 0 aliphatic heterocycles. The summed E-state index contributed by atoms with van der Waals surface area (Å²) in [5.41, 5.74) is 2.87. The Morgan fingerprint density at radius 2 is 1.87 bits per heavy atom. The fraction of sp³-hybridized carbons (Fsp3) is 0.250. The summed E-state index contributed by atoms with van der Waals surface area (Å²) in [5, 5.41) is 0.426. The number of rotatable bonds is 0. The summed E-state index contributed by atoms with van der Waals surface area (Å²) in [4.78, 5) is 15.0. The lowest BCUT2D eigenvalue weighted by atomic mass is 10.1. The molecule has 0 fully saturated rings. The van der Waals surface area contributed by atoms with Crippen LogP contribution < -0.4 is 5.43 Å². The van der Waals surface area contributed by atoms with Crippen LogP contribution in [0.1, 0.15) is 16.8 Å². The first-order valence-corrected chi connectivity index (χ1v) is 4.80. The Morgan fingerprint density at radius 3 is 2.53 bits per heavy atom. The van der Waals surface area contributed by atoms with Gasteiger partial charge in [0.25, 0.3) is 0 Å². The molecule has 0 spiro atoms. The summed E-state index contributed by atoms with van der Waals surface area (Å²) >= 11 is 0. The average molecular weight is 205 g/mol. The first kappa shape index (κ1) is 9.90. The molecule has 1 aromatic carbocycles. The molecule has 0 amide bonds. The molecule has 2 nitrogen and oxygen atoms in total. The Morgan fingerprint density at radius 1 is 1.20 bits per heavy atom. The molecule has 0 atom stereocenters. The van der Waals surface area contributed by atoms with Crippen molar-refractivity contribution in [1.82, 2.24) is 4.98 Å². The Labute approximate surface area is 86.8 Å². The molecular formula is C12H12FNO. The van der Waals surface area contributed by atoms with Gasteiger partial charge in [-0.05, 0) is 38.5 Å². The number of hydrogen-bond donors (Lipinski definition) is 1. The van der Waals surface area contributed by atoms with E-state index in [2.05, 4.69) is 4.98 Å². The molecule has 0 saturated carbocycles. The Kier molecular flexibility index (Phi) is 2.11. The standard InChI is InChI=1S/C12H12FNO/c1-6-4-9(13)5-10-11(6)14-8(3)7(2)12(10)15/h4-5H,1-3H3,(H,14,15). The number of fused-ring (bicyclic) bond motifs is 1. The molecule has 2 rings (SSSR count). The molecule has 0 saturated heterocycles. The number of aryl methyl sites for hydroxylation is 2. The van der Waals surface area contributed by atoms with Gasteiger partial charge in [-0.15, -0.1) is 0 Å². The quantitative estimate of drug-likeness (QED) is 0.704. The van der Waals surface area contributed by atoms with Crippen LogP contribution in [0.25, 0.3) is 10.9 Å². The lowest BCUT2D eigenvalue weighted by Crippen LogP contribution is -2.10. The zero-order valence-electron chi connectivity index (χ0n) is 8.94. The lowest BCUT2D eigenvalue weighted by Gasteiger charge is -2.06. The highest BCUT2D eigenvalue weighted by molar-refractivity contribution is 5.82. The van der Waals surface area contributed by atoms with Crippen LogP contribution in [0.2, 0.25) is 0 Å². The molecule has 0 radical (unpaired) electrons. The van der Waals surface area contributed by atoms with Crippen molar-refractivity contribution in [3.05, 3.63) is 45.0 Å². The maximum atomic E-state index is 13.2. The number of nitrogens with one attached hydrogen (secondary N) is 1. The van der Waals surface area contributed by atoms with Crippen molar-refractivity contribution in [2.45, 2.75) is 20.8 Å². The largest absolute Gasteiger partial charge is 0.358 e. The van der Waals surface area contributed by atoms with Crippen LogP contribution in [0.5, 0.6) is 0 Å². The number of H-pyrrole nitrogens is 1. The van der Waals surface area contributed by atoms with E-state index in [1.807, 2.05) is 6.92 Å². The van der Waals surface area contributed by atoms with Crippen LogP contribution in [0.15, 0.2) is 16.9 Å². The van der Waals surface area contributed by atoms with Gasteiger partial charge in [0.2, 0.25) is 0 Å². The number of hydrogen-bond acceptors (Lipinski definition) is 1. The van der Waals surface area contributed by atoms with Gasteiger partial charge in [0.1, 0.15) is 5.82 Å². The summed E-state index contributed by atoms with van der Waals surface area (Å²) in [7, 11) is 0. The predicted molar refractivity (Wildman–Crippen MR) is 58.7 cm³/mol. The van der Waals surface area contributed by atoms with E-state index in [1.54, 1.807) is 13.8 Å². The van der Waals surface area contributed by atoms with Crippen LogP contribution in [-0.2, 0) is 0 Å². The maximum absolute atomic E-state index is 13.2. The molecule has 78 valence electrons. The van der Waals surface area contributed by atoms with Crippen molar-refractivity contribution in [3.63, 3.8) is 0 Å². The van der Waals surface area contributed by atoms with Gasteiger partial charge in [-0.25, -0.2) is 4.39 Å². The molecule has 0 aliphatic carbocycles. The van der Waals surface area contributed by atoms with Crippen molar-refractivity contribution in [3.8, 4) is 0 Å². The molecular weight excluding hydrogens is 193 g/mol. The minimum Gasteiger partial charge on any atom is -0.358 e. The van der Waals surface area contributed by atoms with Crippen molar-refractivity contribution in [1.29, 1.82) is 0 Å².